The number of pyridine rings is 1. The van der Waals surface area contributed by atoms with E-state index in [-0.39, 0.29) is 5.97 Å². The number of methoxy groups -OCH3 is 1. The minimum Gasteiger partial charge on any atom is -0.481 e. The molecule has 0 aliphatic rings. The first-order valence-corrected chi connectivity index (χ1v) is 4.30. The highest BCUT2D eigenvalue weighted by Crippen LogP contribution is 2.27. The monoisotopic (exact) mass is 245 g/mol. The van der Waals surface area contributed by atoms with Crippen molar-refractivity contribution < 1.29 is 14.3 Å². The smallest absolute Gasteiger partial charge is 0.308 e. The van der Waals surface area contributed by atoms with E-state index in [9.17, 15) is 4.79 Å². The third-order valence-corrected chi connectivity index (χ3v) is 1.85. The van der Waals surface area contributed by atoms with Crippen molar-refractivity contribution in [1.29, 1.82) is 0 Å². The fraction of sp³-hybridized carbons (Fsp3) is 0.250. The van der Waals surface area contributed by atoms with Gasteiger partial charge in [-0.2, -0.15) is 0 Å². The molecule has 0 amide bonds. The predicted octanol–water partition coefficient (Wildman–Crippen LogP) is 1.78. The zero-order chi connectivity index (χ0) is 9.84. The normalized spacial score (nSPS) is 9.46. The molecule has 5 heteroatoms. The molecule has 0 radical (unpaired) electrons. The van der Waals surface area contributed by atoms with Gasteiger partial charge in [0, 0.05) is 19.2 Å². The molecule has 0 N–H and O–H groups in total. The molecule has 4 nitrogen and oxygen atoms in total. The van der Waals surface area contributed by atoms with Gasteiger partial charge in [0.15, 0.2) is 5.75 Å². The molecule has 0 atom stereocenters. The van der Waals surface area contributed by atoms with Crippen LogP contribution in [0, 0.1) is 0 Å². The standard InChI is InChI=1S/C8H8BrNO3/c1-5(11)13-7-3-8(12-2)10-4-6(7)9/h3-4H,1-2H3. The number of esters is 1. The molecule has 70 valence electrons. The highest BCUT2D eigenvalue weighted by atomic mass is 79.9. The predicted molar refractivity (Wildman–Crippen MR) is 49.8 cm³/mol. The van der Waals surface area contributed by atoms with E-state index in [0.29, 0.717) is 16.1 Å². The Hall–Kier alpha value is -1.10. The number of carbonyl (C=O) groups is 1. The fourth-order valence-electron chi connectivity index (χ4n) is 0.747. The molecule has 0 aliphatic carbocycles. The average Bonchev–Trinajstić information content (AvgIpc) is 2.08. The Morgan fingerprint density at radius 3 is 2.85 bits per heavy atom. The lowest BCUT2D eigenvalue weighted by Gasteiger charge is -2.04. The molecule has 0 saturated heterocycles. The van der Waals surface area contributed by atoms with Crippen LogP contribution in [0.15, 0.2) is 16.7 Å². The van der Waals surface area contributed by atoms with E-state index < -0.39 is 0 Å². The summed E-state index contributed by atoms with van der Waals surface area (Å²) in [5, 5.41) is 0. The van der Waals surface area contributed by atoms with Crippen LogP contribution in [0.2, 0.25) is 0 Å². The minimum absolute atomic E-state index is 0.381. The second-order valence-corrected chi connectivity index (χ2v) is 3.11. The van der Waals surface area contributed by atoms with Crippen molar-refractivity contribution in [3.05, 3.63) is 16.7 Å². The Morgan fingerprint density at radius 1 is 1.62 bits per heavy atom. The summed E-state index contributed by atoms with van der Waals surface area (Å²) in [6.07, 6.45) is 1.51. The lowest BCUT2D eigenvalue weighted by atomic mass is 10.4. The van der Waals surface area contributed by atoms with Gasteiger partial charge in [0.2, 0.25) is 5.88 Å². The quantitative estimate of drug-likeness (QED) is 0.746. The van der Waals surface area contributed by atoms with Crippen molar-refractivity contribution in [2.75, 3.05) is 7.11 Å². The summed E-state index contributed by atoms with van der Waals surface area (Å²) in [5.41, 5.74) is 0. The fourth-order valence-corrected chi connectivity index (χ4v) is 1.04. The molecular weight excluding hydrogens is 238 g/mol. The maximum atomic E-state index is 10.7. The number of hydrogen-bond donors (Lipinski definition) is 0. The maximum Gasteiger partial charge on any atom is 0.308 e. The first-order valence-electron chi connectivity index (χ1n) is 3.51. The Labute approximate surface area is 84.0 Å². The minimum atomic E-state index is -0.381. The molecule has 0 aromatic carbocycles. The lowest BCUT2D eigenvalue weighted by Crippen LogP contribution is -2.02. The van der Waals surface area contributed by atoms with Gasteiger partial charge < -0.3 is 9.47 Å². The van der Waals surface area contributed by atoms with Gasteiger partial charge in [0.1, 0.15) is 0 Å². The number of halogens is 1. The van der Waals surface area contributed by atoms with E-state index in [1.165, 1.54) is 26.3 Å². The van der Waals surface area contributed by atoms with Crippen molar-refractivity contribution >= 4 is 21.9 Å². The van der Waals surface area contributed by atoms with Gasteiger partial charge in [-0.3, -0.25) is 4.79 Å². The Balaban J connectivity index is 2.96. The molecule has 1 heterocycles. The highest BCUT2D eigenvalue weighted by molar-refractivity contribution is 9.10. The van der Waals surface area contributed by atoms with Crippen LogP contribution in [-0.4, -0.2) is 18.1 Å². The molecule has 0 aliphatic heterocycles. The first-order chi connectivity index (χ1) is 6.13. The SMILES string of the molecule is COc1cc(OC(C)=O)c(Br)cn1. The molecule has 0 unspecified atom stereocenters. The summed E-state index contributed by atoms with van der Waals surface area (Å²) >= 11 is 3.19. The van der Waals surface area contributed by atoms with Crippen LogP contribution in [0.25, 0.3) is 0 Å². The molecule has 0 bridgehead atoms. The summed E-state index contributed by atoms with van der Waals surface area (Å²) in [6, 6.07) is 1.53. The molecule has 13 heavy (non-hydrogen) atoms. The molecule has 0 fully saturated rings. The zero-order valence-corrected chi connectivity index (χ0v) is 8.79. The summed E-state index contributed by atoms with van der Waals surface area (Å²) in [4.78, 5) is 14.6. The lowest BCUT2D eigenvalue weighted by molar-refractivity contribution is -0.131. The Bertz CT molecular complexity index is 327. The Morgan fingerprint density at radius 2 is 2.31 bits per heavy atom. The summed E-state index contributed by atoms with van der Waals surface area (Å²) in [6.45, 7) is 1.33. The van der Waals surface area contributed by atoms with Gasteiger partial charge in [-0.15, -0.1) is 0 Å². The van der Waals surface area contributed by atoms with E-state index >= 15 is 0 Å². The van der Waals surface area contributed by atoms with Gasteiger partial charge in [-0.1, -0.05) is 0 Å². The van der Waals surface area contributed by atoms with Crippen molar-refractivity contribution in [2.24, 2.45) is 0 Å². The third kappa shape index (κ3) is 2.69. The van der Waals surface area contributed by atoms with E-state index in [4.69, 9.17) is 9.47 Å². The van der Waals surface area contributed by atoms with Crippen molar-refractivity contribution in [3.63, 3.8) is 0 Å². The second kappa shape index (κ2) is 4.23. The summed E-state index contributed by atoms with van der Waals surface area (Å²) < 4.78 is 10.4. The number of nitrogens with zero attached hydrogens (tertiary/aromatic N) is 1. The second-order valence-electron chi connectivity index (χ2n) is 2.25. The average molecular weight is 246 g/mol. The number of hydrogen-bond acceptors (Lipinski definition) is 4. The van der Waals surface area contributed by atoms with Crippen LogP contribution < -0.4 is 9.47 Å². The summed E-state index contributed by atoms with van der Waals surface area (Å²) in [5.74, 6) is 0.424. The van der Waals surface area contributed by atoms with E-state index in [1.807, 2.05) is 0 Å². The van der Waals surface area contributed by atoms with E-state index in [0.717, 1.165) is 0 Å². The van der Waals surface area contributed by atoms with Gasteiger partial charge in [0.25, 0.3) is 0 Å². The maximum absolute atomic E-state index is 10.7. The molecule has 1 rings (SSSR count). The van der Waals surface area contributed by atoms with Crippen LogP contribution in [-0.2, 0) is 4.79 Å². The molecule has 1 aromatic heterocycles. The van der Waals surface area contributed by atoms with Crippen LogP contribution in [0.1, 0.15) is 6.92 Å². The Kier molecular flexibility index (Phi) is 3.25. The van der Waals surface area contributed by atoms with E-state index in [2.05, 4.69) is 20.9 Å². The number of aromatic nitrogens is 1. The van der Waals surface area contributed by atoms with Crippen molar-refractivity contribution in [2.45, 2.75) is 6.92 Å². The molecule has 0 spiro atoms. The van der Waals surface area contributed by atoms with Crippen LogP contribution in [0.4, 0.5) is 0 Å². The third-order valence-electron chi connectivity index (χ3n) is 1.26. The molecule has 1 aromatic rings. The van der Waals surface area contributed by atoms with Gasteiger partial charge in [0.05, 0.1) is 11.6 Å². The first kappa shape index (κ1) is 9.98. The largest absolute Gasteiger partial charge is 0.481 e. The molecular formula is C8H8BrNO3. The van der Waals surface area contributed by atoms with Gasteiger partial charge >= 0.3 is 5.97 Å². The van der Waals surface area contributed by atoms with Gasteiger partial charge in [-0.25, -0.2) is 4.98 Å². The zero-order valence-electron chi connectivity index (χ0n) is 7.20. The molecule has 0 saturated carbocycles. The number of rotatable bonds is 2. The van der Waals surface area contributed by atoms with Crippen molar-refractivity contribution in [3.8, 4) is 11.6 Å². The van der Waals surface area contributed by atoms with Crippen molar-refractivity contribution in [1.82, 2.24) is 4.98 Å². The number of ether oxygens (including phenoxy) is 2. The summed E-state index contributed by atoms with van der Waals surface area (Å²) in [7, 11) is 1.49. The van der Waals surface area contributed by atoms with Crippen LogP contribution >= 0.6 is 15.9 Å². The number of carbonyl (C=O) groups excluding carboxylic acids is 1. The van der Waals surface area contributed by atoms with Crippen LogP contribution in [0.5, 0.6) is 11.6 Å². The topological polar surface area (TPSA) is 48.4 Å². The highest BCUT2D eigenvalue weighted by Gasteiger charge is 2.06. The van der Waals surface area contributed by atoms with E-state index in [1.54, 1.807) is 0 Å². The van der Waals surface area contributed by atoms with Gasteiger partial charge in [-0.05, 0) is 15.9 Å². The van der Waals surface area contributed by atoms with Crippen LogP contribution in [0.3, 0.4) is 0 Å².